The quantitative estimate of drug-likeness (QED) is 0.380. The molecule has 18 heavy (non-hydrogen) atoms. The van der Waals surface area contributed by atoms with Gasteiger partial charge in [0.15, 0.2) is 0 Å². The maximum atomic E-state index is 11.3. The van der Waals surface area contributed by atoms with Crippen LogP contribution in [0.15, 0.2) is 0 Å². The van der Waals surface area contributed by atoms with E-state index in [0.717, 1.165) is 25.9 Å². The average molecular weight is 276 g/mol. The number of carbonyl (C=O) groups is 1. The summed E-state index contributed by atoms with van der Waals surface area (Å²) in [5, 5.41) is 0. The van der Waals surface area contributed by atoms with Crippen molar-refractivity contribution in [3.63, 3.8) is 0 Å². The first-order valence-corrected chi connectivity index (χ1v) is 8.43. The Bertz CT molecular complexity index is 186. The van der Waals surface area contributed by atoms with E-state index in [0.29, 0.717) is 19.6 Å². The number of hydrogen-bond acceptors (Lipinski definition) is 4. The van der Waals surface area contributed by atoms with Crippen LogP contribution in [0, 0.1) is 0 Å². The summed E-state index contributed by atoms with van der Waals surface area (Å²) in [5.41, 5.74) is 0. The van der Waals surface area contributed by atoms with Crippen molar-refractivity contribution in [1.82, 2.24) is 0 Å². The molecule has 0 aliphatic heterocycles. The number of carbonyl (C=O) groups excluding carboxylic acids is 1. The van der Waals surface area contributed by atoms with E-state index in [1.807, 2.05) is 11.8 Å². The number of esters is 1. The minimum Gasteiger partial charge on any atom is -0.463 e. The van der Waals surface area contributed by atoms with Gasteiger partial charge in [-0.2, -0.15) is 11.8 Å². The molecule has 0 atom stereocenters. The molecule has 0 fully saturated rings. The highest BCUT2D eigenvalue weighted by atomic mass is 32.2. The highest BCUT2D eigenvalue weighted by molar-refractivity contribution is 7.98. The topological polar surface area (TPSA) is 35.5 Å². The van der Waals surface area contributed by atoms with Gasteiger partial charge in [0.1, 0.15) is 6.61 Å². The van der Waals surface area contributed by atoms with Crippen LogP contribution in [0.3, 0.4) is 0 Å². The summed E-state index contributed by atoms with van der Waals surface area (Å²) in [4.78, 5) is 11.3. The molecule has 0 aromatic rings. The second-order valence-corrected chi connectivity index (χ2v) is 5.33. The molecule has 0 spiro atoms. The van der Waals surface area contributed by atoms with E-state index in [4.69, 9.17) is 9.47 Å². The van der Waals surface area contributed by atoms with E-state index in [1.165, 1.54) is 25.0 Å². The zero-order valence-electron chi connectivity index (χ0n) is 11.9. The molecule has 0 heterocycles. The molecule has 0 aliphatic rings. The molecule has 3 nitrogen and oxygen atoms in total. The third kappa shape index (κ3) is 13.8. The van der Waals surface area contributed by atoms with Crippen molar-refractivity contribution in [2.45, 2.75) is 51.9 Å². The van der Waals surface area contributed by atoms with Gasteiger partial charge < -0.3 is 9.47 Å². The van der Waals surface area contributed by atoms with E-state index in [2.05, 4.69) is 13.2 Å². The molecular weight excluding hydrogens is 248 g/mol. The molecule has 0 N–H and O–H groups in total. The van der Waals surface area contributed by atoms with Crippen LogP contribution >= 0.6 is 11.8 Å². The Labute approximate surface area is 116 Å². The highest BCUT2D eigenvalue weighted by Gasteiger charge is 2.02. The lowest BCUT2D eigenvalue weighted by atomic mass is 10.1. The fraction of sp³-hybridized carbons (Fsp3) is 0.929. The van der Waals surface area contributed by atoms with Crippen LogP contribution in [-0.2, 0) is 14.3 Å². The Morgan fingerprint density at radius 2 is 1.72 bits per heavy atom. The Morgan fingerprint density at radius 3 is 2.44 bits per heavy atom. The van der Waals surface area contributed by atoms with Crippen molar-refractivity contribution < 1.29 is 14.3 Å². The van der Waals surface area contributed by atoms with Gasteiger partial charge >= 0.3 is 5.97 Å². The van der Waals surface area contributed by atoms with E-state index in [1.54, 1.807) is 0 Å². The Hall–Kier alpha value is -0.220. The van der Waals surface area contributed by atoms with Crippen LogP contribution in [0.4, 0.5) is 0 Å². The Balaban J connectivity index is 3.12. The smallest absolute Gasteiger partial charge is 0.305 e. The summed E-state index contributed by atoms with van der Waals surface area (Å²) in [6.45, 7) is 3.72. The predicted octanol–water partition coefficient (Wildman–Crippen LogP) is 3.66. The average Bonchev–Trinajstić information content (AvgIpc) is 2.37. The molecule has 0 bridgehead atoms. The lowest BCUT2D eigenvalue weighted by molar-refractivity contribution is -0.145. The van der Waals surface area contributed by atoms with Crippen molar-refractivity contribution in [2.24, 2.45) is 0 Å². The van der Waals surface area contributed by atoms with Gasteiger partial charge in [-0.05, 0) is 31.3 Å². The van der Waals surface area contributed by atoms with Crippen LogP contribution in [0.1, 0.15) is 51.9 Å². The molecule has 0 aromatic carbocycles. The molecule has 0 aromatic heterocycles. The first kappa shape index (κ1) is 17.8. The number of hydrogen-bond donors (Lipinski definition) is 0. The standard InChI is InChI=1S/C14H28O3S/c1-3-10-16-11-12-17-14(15)9-7-5-4-6-8-13-18-2/h3-13H2,1-2H3. The molecule has 0 rings (SSSR count). The molecule has 0 saturated carbocycles. The summed E-state index contributed by atoms with van der Waals surface area (Å²) in [6, 6.07) is 0. The van der Waals surface area contributed by atoms with Crippen LogP contribution in [0.25, 0.3) is 0 Å². The third-order valence-electron chi connectivity index (χ3n) is 2.57. The normalized spacial score (nSPS) is 10.6. The molecule has 0 radical (unpaired) electrons. The summed E-state index contributed by atoms with van der Waals surface area (Å²) >= 11 is 1.90. The van der Waals surface area contributed by atoms with Gasteiger partial charge in [0.05, 0.1) is 6.61 Å². The number of unbranched alkanes of at least 4 members (excludes halogenated alkanes) is 4. The zero-order chi connectivity index (χ0) is 13.5. The number of ether oxygens (including phenoxy) is 2. The summed E-state index contributed by atoms with van der Waals surface area (Å²) < 4.78 is 10.3. The fourth-order valence-corrected chi connectivity index (χ4v) is 2.07. The van der Waals surface area contributed by atoms with Crippen molar-refractivity contribution in [1.29, 1.82) is 0 Å². The lowest BCUT2D eigenvalue weighted by Gasteiger charge is -2.05. The van der Waals surface area contributed by atoms with Gasteiger partial charge in [0.25, 0.3) is 0 Å². The minimum absolute atomic E-state index is 0.0841. The van der Waals surface area contributed by atoms with Gasteiger partial charge in [-0.15, -0.1) is 0 Å². The maximum absolute atomic E-state index is 11.3. The van der Waals surface area contributed by atoms with E-state index in [9.17, 15) is 4.79 Å². The van der Waals surface area contributed by atoms with Gasteiger partial charge in [-0.3, -0.25) is 4.79 Å². The fourth-order valence-electron chi connectivity index (χ4n) is 1.58. The third-order valence-corrected chi connectivity index (χ3v) is 3.27. The molecule has 4 heteroatoms. The monoisotopic (exact) mass is 276 g/mol. The second-order valence-electron chi connectivity index (χ2n) is 4.34. The SMILES string of the molecule is CCCOCCOC(=O)CCCCCCCSC. The second kappa shape index (κ2) is 14.8. The van der Waals surface area contributed by atoms with Crippen molar-refractivity contribution >= 4 is 17.7 Å². The Kier molecular flexibility index (Phi) is 14.7. The maximum Gasteiger partial charge on any atom is 0.305 e. The van der Waals surface area contributed by atoms with Gasteiger partial charge in [-0.1, -0.05) is 26.2 Å². The van der Waals surface area contributed by atoms with E-state index in [-0.39, 0.29) is 5.97 Å². The zero-order valence-corrected chi connectivity index (χ0v) is 12.7. The first-order valence-electron chi connectivity index (χ1n) is 7.03. The molecular formula is C14H28O3S. The molecule has 0 aliphatic carbocycles. The summed E-state index contributed by atoms with van der Waals surface area (Å²) in [6.07, 6.45) is 9.58. The van der Waals surface area contributed by atoms with Crippen LogP contribution in [-0.4, -0.2) is 37.8 Å². The van der Waals surface area contributed by atoms with Crippen LogP contribution < -0.4 is 0 Å². The molecule has 0 unspecified atom stereocenters. The Morgan fingerprint density at radius 1 is 1.00 bits per heavy atom. The van der Waals surface area contributed by atoms with Crippen molar-refractivity contribution in [3.8, 4) is 0 Å². The first-order chi connectivity index (χ1) is 8.81. The van der Waals surface area contributed by atoms with Gasteiger partial charge in [-0.25, -0.2) is 0 Å². The van der Waals surface area contributed by atoms with E-state index < -0.39 is 0 Å². The van der Waals surface area contributed by atoms with Gasteiger partial charge in [0, 0.05) is 13.0 Å². The highest BCUT2D eigenvalue weighted by Crippen LogP contribution is 2.08. The van der Waals surface area contributed by atoms with E-state index >= 15 is 0 Å². The lowest BCUT2D eigenvalue weighted by Crippen LogP contribution is -2.10. The summed E-state index contributed by atoms with van der Waals surface area (Å²) in [7, 11) is 0. The van der Waals surface area contributed by atoms with Crippen molar-refractivity contribution in [3.05, 3.63) is 0 Å². The molecule has 0 saturated heterocycles. The number of thioether (sulfide) groups is 1. The molecule has 0 amide bonds. The largest absolute Gasteiger partial charge is 0.463 e. The minimum atomic E-state index is -0.0841. The van der Waals surface area contributed by atoms with Crippen LogP contribution in [0.5, 0.6) is 0 Å². The van der Waals surface area contributed by atoms with Crippen molar-refractivity contribution in [2.75, 3.05) is 31.8 Å². The number of rotatable bonds is 13. The summed E-state index contributed by atoms with van der Waals surface area (Å²) in [5.74, 6) is 1.17. The van der Waals surface area contributed by atoms with Crippen LogP contribution in [0.2, 0.25) is 0 Å². The predicted molar refractivity (Wildman–Crippen MR) is 78.2 cm³/mol. The molecule has 108 valence electrons. The van der Waals surface area contributed by atoms with Gasteiger partial charge in [0.2, 0.25) is 0 Å².